The van der Waals surface area contributed by atoms with Crippen molar-refractivity contribution in [2.45, 2.75) is 23.1 Å². The second-order valence-corrected chi connectivity index (χ2v) is 9.06. The normalized spacial score (nSPS) is 11.4. The predicted molar refractivity (Wildman–Crippen MR) is 115 cm³/mol. The Bertz CT molecular complexity index is 1270. The number of nitrogens with zero attached hydrogens (tertiary/aromatic N) is 1. The van der Waals surface area contributed by atoms with Crippen molar-refractivity contribution in [3.63, 3.8) is 0 Å². The predicted octanol–water partition coefficient (Wildman–Crippen LogP) is 5.60. The van der Waals surface area contributed by atoms with Crippen LogP contribution in [0.5, 0.6) is 5.75 Å². The van der Waals surface area contributed by atoms with Gasteiger partial charge in [0.1, 0.15) is 11.5 Å². The van der Waals surface area contributed by atoms with Crippen molar-refractivity contribution >= 4 is 38.9 Å². The fraction of sp³-hybridized carbons (Fsp3) is 0.0952. The van der Waals surface area contributed by atoms with Gasteiger partial charge in [0.2, 0.25) is 26.6 Å². The summed E-state index contributed by atoms with van der Waals surface area (Å²) in [6, 6.07) is 16.2. The monoisotopic (exact) mass is 478 g/mol. The Hall–Kier alpha value is -2.94. The maximum atomic E-state index is 13.1. The van der Waals surface area contributed by atoms with Crippen molar-refractivity contribution in [3.05, 3.63) is 88.6 Å². The van der Waals surface area contributed by atoms with Crippen molar-refractivity contribution in [3.8, 4) is 5.75 Å². The summed E-state index contributed by atoms with van der Waals surface area (Å²) in [6.07, 6.45) is 1.52. The van der Waals surface area contributed by atoms with Crippen LogP contribution in [0.2, 0.25) is 10.0 Å². The highest BCUT2D eigenvalue weighted by Gasteiger charge is 2.28. The van der Waals surface area contributed by atoms with Gasteiger partial charge in [0.25, 0.3) is 0 Å². The second-order valence-electron chi connectivity index (χ2n) is 6.35. The van der Waals surface area contributed by atoms with E-state index >= 15 is 0 Å². The Morgan fingerprint density at radius 2 is 1.84 bits per heavy atom. The van der Waals surface area contributed by atoms with E-state index in [-0.39, 0.29) is 34.8 Å². The van der Waals surface area contributed by atoms with E-state index in [1.165, 1.54) is 24.5 Å². The number of rotatable bonds is 8. The Labute approximate surface area is 188 Å². The van der Waals surface area contributed by atoms with Gasteiger partial charge >= 0.3 is 0 Å². The Morgan fingerprint density at radius 3 is 2.55 bits per heavy atom. The average Bonchev–Trinajstić information content (AvgIpc) is 3.42. The topological polar surface area (TPSA) is 94.6 Å². The molecule has 1 N–H and O–H groups in total. The lowest BCUT2D eigenvalue weighted by Gasteiger charge is -2.05. The molecule has 2 aromatic carbocycles. The molecule has 2 aromatic heterocycles. The number of hydrogen-bond donors (Lipinski definition) is 1. The molecular formula is C21H16Cl2N2O5S. The Balaban J connectivity index is 1.63. The van der Waals surface area contributed by atoms with Crippen molar-refractivity contribution in [2.24, 2.45) is 0 Å². The molecule has 0 saturated heterocycles. The number of anilines is 1. The molecule has 0 unspecified atom stereocenters. The molecule has 10 heteroatoms. The fourth-order valence-electron chi connectivity index (χ4n) is 2.73. The van der Waals surface area contributed by atoms with E-state index < -0.39 is 9.84 Å². The van der Waals surface area contributed by atoms with Gasteiger partial charge in [0.05, 0.1) is 22.7 Å². The summed E-state index contributed by atoms with van der Waals surface area (Å²) in [6.45, 7) is 0.0733. The van der Waals surface area contributed by atoms with E-state index in [4.69, 9.17) is 36.8 Å². The Kier molecular flexibility index (Phi) is 6.22. The van der Waals surface area contributed by atoms with Crippen LogP contribution >= 0.6 is 23.2 Å². The number of furan rings is 1. The first-order chi connectivity index (χ1) is 14.9. The number of ether oxygens (including phenoxy) is 1. The largest absolute Gasteiger partial charge is 0.482 e. The lowest BCUT2D eigenvalue weighted by Crippen LogP contribution is -2.07. The van der Waals surface area contributed by atoms with Gasteiger partial charge in [-0.1, -0.05) is 41.4 Å². The first-order valence-electron chi connectivity index (χ1n) is 9.07. The van der Waals surface area contributed by atoms with E-state index in [2.05, 4.69) is 10.3 Å². The van der Waals surface area contributed by atoms with E-state index in [0.717, 1.165) is 0 Å². The quantitative estimate of drug-likeness (QED) is 0.352. The van der Waals surface area contributed by atoms with Crippen molar-refractivity contribution in [2.75, 3.05) is 5.32 Å². The number of benzene rings is 2. The maximum Gasteiger partial charge on any atom is 0.236 e. The molecule has 0 aliphatic carbocycles. The molecule has 160 valence electrons. The third-order valence-corrected chi connectivity index (χ3v) is 6.41. The van der Waals surface area contributed by atoms with Crippen molar-refractivity contribution < 1.29 is 22.0 Å². The number of oxazole rings is 1. The first-order valence-corrected chi connectivity index (χ1v) is 11.3. The van der Waals surface area contributed by atoms with Crippen molar-refractivity contribution in [1.82, 2.24) is 4.98 Å². The molecule has 0 aliphatic heterocycles. The standard InChI is InChI=1S/C21H16Cl2N2O5S/c22-14-8-9-18(17(23)11-14)29-13-19-25-21(31(26,27)16-6-2-1-3-7-16)20(30-19)24-12-15-5-4-10-28-15/h1-11,24H,12-13H2. The van der Waals surface area contributed by atoms with Gasteiger partial charge in [0, 0.05) is 5.02 Å². The number of aromatic nitrogens is 1. The Morgan fingerprint density at radius 1 is 1.03 bits per heavy atom. The SMILES string of the molecule is O=S(=O)(c1ccccc1)c1nc(COc2ccc(Cl)cc2Cl)oc1NCc1ccco1. The van der Waals surface area contributed by atoms with Crippen LogP contribution in [0.3, 0.4) is 0 Å². The smallest absolute Gasteiger partial charge is 0.236 e. The van der Waals surface area contributed by atoms with Gasteiger partial charge in [-0.3, -0.25) is 0 Å². The number of hydrogen-bond acceptors (Lipinski definition) is 7. The molecular weight excluding hydrogens is 463 g/mol. The van der Waals surface area contributed by atoms with Gasteiger partial charge < -0.3 is 18.9 Å². The van der Waals surface area contributed by atoms with Gasteiger partial charge in [-0.25, -0.2) is 8.42 Å². The van der Waals surface area contributed by atoms with Crippen LogP contribution < -0.4 is 10.1 Å². The number of halogens is 2. The van der Waals surface area contributed by atoms with Crippen LogP contribution in [0.25, 0.3) is 0 Å². The van der Waals surface area contributed by atoms with E-state index in [0.29, 0.717) is 21.6 Å². The number of sulfone groups is 1. The summed E-state index contributed by atoms with van der Waals surface area (Å²) < 4.78 is 42.8. The molecule has 0 atom stereocenters. The highest BCUT2D eigenvalue weighted by Crippen LogP contribution is 2.31. The summed E-state index contributed by atoms with van der Waals surface area (Å²) >= 11 is 12.0. The van der Waals surface area contributed by atoms with Crippen LogP contribution in [0, 0.1) is 0 Å². The van der Waals surface area contributed by atoms with Crippen molar-refractivity contribution in [1.29, 1.82) is 0 Å². The minimum absolute atomic E-state index is 0.0129. The van der Waals surface area contributed by atoms with Gasteiger partial charge in [-0.15, -0.1) is 0 Å². The highest BCUT2D eigenvalue weighted by atomic mass is 35.5. The van der Waals surface area contributed by atoms with E-state index in [1.807, 2.05) is 0 Å². The molecule has 7 nitrogen and oxygen atoms in total. The lowest BCUT2D eigenvalue weighted by atomic mass is 10.3. The van der Waals surface area contributed by atoms with Crippen LogP contribution in [0.15, 0.2) is 85.7 Å². The summed E-state index contributed by atoms with van der Waals surface area (Å²) in [7, 11) is -3.93. The molecule has 0 bridgehead atoms. The second kappa shape index (κ2) is 9.05. The molecule has 4 aromatic rings. The zero-order valence-electron chi connectivity index (χ0n) is 15.9. The van der Waals surface area contributed by atoms with Crippen LogP contribution in [-0.4, -0.2) is 13.4 Å². The molecule has 0 radical (unpaired) electrons. The summed E-state index contributed by atoms with van der Waals surface area (Å²) in [5.74, 6) is 1.01. The first kappa shape index (κ1) is 21.3. The minimum Gasteiger partial charge on any atom is -0.482 e. The summed E-state index contributed by atoms with van der Waals surface area (Å²) in [4.78, 5) is 4.27. The van der Waals surface area contributed by atoms with E-state index in [9.17, 15) is 8.42 Å². The molecule has 31 heavy (non-hydrogen) atoms. The third-order valence-electron chi connectivity index (χ3n) is 4.20. The molecule has 0 amide bonds. The third kappa shape index (κ3) is 4.87. The van der Waals surface area contributed by atoms with Crippen LogP contribution in [0.1, 0.15) is 11.7 Å². The molecule has 2 heterocycles. The van der Waals surface area contributed by atoms with Gasteiger partial charge in [-0.05, 0) is 42.5 Å². The van der Waals surface area contributed by atoms with Crippen LogP contribution in [0.4, 0.5) is 5.88 Å². The fourth-order valence-corrected chi connectivity index (χ4v) is 4.51. The zero-order valence-corrected chi connectivity index (χ0v) is 18.2. The molecule has 0 spiro atoms. The summed E-state index contributed by atoms with van der Waals surface area (Å²) in [5.41, 5.74) is 0. The molecule has 0 saturated carbocycles. The average molecular weight is 479 g/mol. The maximum absolute atomic E-state index is 13.1. The molecule has 4 rings (SSSR count). The van der Waals surface area contributed by atoms with Gasteiger partial charge in [0.15, 0.2) is 6.61 Å². The lowest BCUT2D eigenvalue weighted by molar-refractivity contribution is 0.265. The molecule has 0 aliphatic rings. The van der Waals surface area contributed by atoms with E-state index in [1.54, 1.807) is 42.5 Å². The van der Waals surface area contributed by atoms with Gasteiger partial charge in [-0.2, -0.15) is 4.98 Å². The minimum atomic E-state index is -3.93. The highest BCUT2D eigenvalue weighted by molar-refractivity contribution is 7.91. The number of nitrogens with one attached hydrogen (secondary N) is 1. The molecule has 0 fully saturated rings. The zero-order chi connectivity index (χ0) is 21.8. The van der Waals surface area contributed by atoms with Crippen LogP contribution in [-0.2, 0) is 23.0 Å². The summed E-state index contributed by atoms with van der Waals surface area (Å²) in [5, 5.41) is 3.46.